The highest BCUT2D eigenvalue weighted by molar-refractivity contribution is 8.07. The maximum absolute atomic E-state index is 12.8. The SMILES string of the molecule is CC(C)(C)C1=PC2(C(C)(C)C)P=C(C(C)(C)C)P1[C@H]1C(=O)OC(=O)[C@H]12. The van der Waals surface area contributed by atoms with Gasteiger partial charge in [0.1, 0.15) is 5.66 Å². The fourth-order valence-electron chi connectivity index (χ4n) is 3.95. The van der Waals surface area contributed by atoms with Crippen LogP contribution in [0.3, 0.4) is 0 Å². The maximum Gasteiger partial charge on any atom is 0.322 e. The van der Waals surface area contributed by atoms with E-state index < -0.39 is 7.92 Å². The lowest BCUT2D eigenvalue weighted by Gasteiger charge is -2.56. The summed E-state index contributed by atoms with van der Waals surface area (Å²) in [6, 6.07) is 0. The van der Waals surface area contributed by atoms with Crippen LogP contribution in [0.25, 0.3) is 0 Å². The van der Waals surface area contributed by atoms with Crippen LogP contribution in [0.5, 0.6) is 0 Å². The summed E-state index contributed by atoms with van der Waals surface area (Å²) in [4.78, 5) is 25.2. The highest BCUT2D eigenvalue weighted by Crippen LogP contribution is 2.77. The molecule has 138 valence electrons. The second-order valence-corrected chi connectivity index (χ2v) is 16.4. The quantitative estimate of drug-likeness (QED) is 0.305. The molecular formula is C19H29O3P3. The summed E-state index contributed by atoms with van der Waals surface area (Å²) in [6.07, 6.45) is 0. The van der Waals surface area contributed by atoms with E-state index in [1.807, 2.05) is 0 Å². The summed E-state index contributed by atoms with van der Waals surface area (Å²) in [7, 11) is 1.75. The minimum Gasteiger partial charge on any atom is -0.392 e. The second-order valence-electron chi connectivity index (χ2n) is 10.4. The molecule has 1 fully saturated rings. The first-order chi connectivity index (χ1) is 11.1. The summed E-state index contributed by atoms with van der Waals surface area (Å²) in [5.74, 6) is -0.840. The van der Waals surface area contributed by atoms with Crippen LogP contribution in [0.4, 0.5) is 0 Å². The van der Waals surface area contributed by atoms with Crippen molar-refractivity contribution in [3.63, 3.8) is 0 Å². The molecular weight excluding hydrogens is 369 g/mol. The molecule has 3 nitrogen and oxygen atoms in total. The van der Waals surface area contributed by atoms with Crippen molar-refractivity contribution >= 4 is 46.3 Å². The zero-order valence-corrected chi connectivity index (χ0v) is 19.4. The molecule has 4 rings (SSSR count). The van der Waals surface area contributed by atoms with E-state index in [2.05, 4.69) is 62.3 Å². The Balaban J connectivity index is 2.39. The van der Waals surface area contributed by atoms with Crippen LogP contribution in [0, 0.1) is 22.2 Å². The molecule has 4 heterocycles. The van der Waals surface area contributed by atoms with Crippen molar-refractivity contribution in [3.8, 4) is 0 Å². The first-order valence-electron chi connectivity index (χ1n) is 8.87. The molecule has 2 atom stereocenters. The molecule has 25 heavy (non-hydrogen) atoms. The predicted octanol–water partition coefficient (Wildman–Crippen LogP) is 5.55. The van der Waals surface area contributed by atoms with Gasteiger partial charge in [0, 0.05) is 0 Å². The Morgan fingerprint density at radius 3 is 1.64 bits per heavy atom. The Morgan fingerprint density at radius 2 is 1.28 bits per heavy atom. The molecule has 0 amide bonds. The summed E-state index contributed by atoms with van der Waals surface area (Å²) < 4.78 is 5.23. The molecule has 1 saturated heterocycles. The first kappa shape index (κ1) is 19.7. The molecule has 6 heteroatoms. The van der Waals surface area contributed by atoms with Gasteiger partial charge < -0.3 is 4.74 Å². The van der Waals surface area contributed by atoms with E-state index in [0.717, 1.165) is 0 Å². The van der Waals surface area contributed by atoms with Gasteiger partial charge in [-0.1, -0.05) is 78.7 Å². The molecule has 0 radical (unpaired) electrons. The molecule has 0 spiro atoms. The lowest BCUT2D eigenvalue weighted by Crippen LogP contribution is -2.54. The minimum absolute atomic E-state index is 0.0209. The molecule has 0 N–H and O–H groups in total. The van der Waals surface area contributed by atoms with Crippen LogP contribution in [0.15, 0.2) is 0 Å². The molecule has 0 saturated carbocycles. The highest BCUT2D eigenvalue weighted by Gasteiger charge is 2.69. The zero-order valence-electron chi connectivity index (χ0n) is 16.7. The molecule has 0 unspecified atom stereocenters. The van der Waals surface area contributed by atoms with E-state index in [1.54, 1.807) is 0 Å². The van der Waals surface area contributed by atoms with Crippen molar-refractivity contribution in [1.82, 2.24) is 0 Å². The van der Waals surface area contributed by atoms with Crippen LogP contribution >= 0.6 is 24.3 Å². The lowest BCUT2D eigenvalue weighted by molar-refractivity contribution is -0.153. The number of carbonyl (C=O) groups is 2. The van der Waals surface area contributed by atoms with Crippen LogP contribution in [-0.4, -0.2) is 32.6 Å². The molecule has 0 aliphatic carbocycles. The number of hydrogen-bond acceptors (Lipinski definition) is 3. The number of ether oxygens (including phenoxy) is 1. The number of rotatable bonds is 0. The smallest absolute Gasteiger partial charge is 0.322 e. The molecule has 0 aromatic carbocycles. The van der Waals surface area contributed by atoms with Gasteiger partial charge in [-0.15, -0.1) is 0 Å². The van der Waals surface area contributed by atoms with Crippen LogP contribution < -0.4 is 0 Å². The van der Waals surface area contributed by atoms with Crippen LogP contribution in [-0.2, 0) is 14.3 Å². The van der Waals surface area contributed by atoms with E-state index in [1.165, 1.54) is 26.5 Å². The Kier molecular flexibility index (Phi) is 4.30. The van der Waals surface area contributed by atoms with E-state index >= 15 is 0 Å². The lowest BCUT2D eigenvalue weighted by atomic mass is 9.82. The Hall–Kier alpha value is -0.0900. The van der Waals surface area contributed by atoms with Crippen LogP contribution in [0.1, 0.15) is 62.3 Å². The normalized spacial score (nSPS) is 36.6. The van der Waals surface area contributed by atoms with Gasteiger partial charge >= 0.3 is 11.9 Å². The summed E-state index contributed by atoms with van der Waals surface area (Å²) in [5, 5.41) is 2.93. The monoisotopic (exact) mass is 398 g/mol. The van der Waals surface area contributed by atoms with Crippen molar-refractivity contribution in [3.05, 3.63) is 0 Å². The van der Waals surface area contributed by atoms with E-state index in [0.29, 0.717) is 0 Å². The number of cyclic esters (lactones) is 2. The first-order valence-corrected chi connectivity index (χ1v) is 12.1. The van der Waals surface area contributed by atoms with Gasteiger partial charge in [-0.2, -0.15) is 0 Å². The minimum atomic E-state index is -0.779. The molecule has 4 aliphatic heterocycles. The van der Waals surface area contributed by atoms with Crippen molar-refractivity contribution in [2.24, 2.45) is 22.2 Å². The van der Waals surface area contributed by atoms with Gasteiger partial charge in [0.05, 0.1) is 10.8 Å². The standard InChI is InChI=1S/C19H29O3P3/c1-16(2,3)14-23-19(18(7,8)9)10-11(13(21)22-12(10)20)25(14)15(24-19)17(4,5)6/h10-11H,1-9H3/t10-,11+,19?,25?/m0/s1. The van der Waals surface area contributed by atoms with Gasteiger partial charge in [0.25, 0.3) is 0 Å². The Morgan fingerprint density at radius 1 is 0.840 bits per heavy atom. The van der Waals surface area contributed by atoms with Crippen molar-refractivity contribution in [1.29, 1.82) is 0 Å². The van der Waals surface area contributed by atoms with Gasteiger partial charge in [-0.05, 0) is 34.2 Å². The summed E-state index contributed by atoms with van der Waals surface area (Å²) in [6.45, 7) is 20.2. The predicted molar refractivity (Wildman–Crippen MR) is 110 cm³/mol. The van der Waals surface area contributed by atoms with Gasteiger partial charge in [0.15, 0.2) is 0 Å². The third-order valence-corrected chi connectivity index (χ3v) is 15.3. The number of hydrogen-bond donors (Lipinski definition) is 0. The topological polar surface area (TPSA) is 43.4 Å². The largest absolute Gasteiger partial charge is 0.392 e. The average molecular weight is 398 g/mol. The molecule has 4 aliphatic rings. The van der Waals surface area contributed by atoms with E-state index in [4.69, 9.17) is 4.74 Å². The fourth-order valence-corrected chi connectivity index (χ4v) is 14.7. The van der Waals surface area contributed by atoms with E-state index in [-0.39, 0.29) is 44.7 Å². The number of carbonyl (C=O) groups excluding carboxylic acids is 2. The Bertz CT molecular complexity index is 682. The molecule has 0 aromatic rings. The van der Waals surface area contributed by atoms with Gasteiger partial charge in [-0.3, -0.25) is 9.59 Å². The third kappa shape index (κ3) is 2.72. The molecule has 2 bridgehead atoms. The highest BCUT2D eigenvalue weighted by atomic mass is 31.2. The van der Waals surface area contributed by atoms with Gasteiger partial charge in [0.2, 0.25) is 0 Å². The third-order valence-electron chi connectivity index (χ3n) is 5.18. The van der Waals surface area contributed by atoms with Crippen molar-refractivity contribution in [2.45, 2.75) is 72.9 Å². The average Bonchev–Trinajstić information content (AvgIpc) is 2.72. The maximum atomic E-state index is 12.8. The van der Waals surface area contributed by atoms with Gasteiger partial charge in [-0.25, -0.2) is 0 Å². The molecule has 0 aromatic heterocycles. The summed E-state index contributed by atoms with van der Waals surface area (Å²) in [5.41, 5.74) is -0.329. The second kappa shape index (κ2) is 5.47. The summed E-state index contributed by atoms with van der Waals surface area (Å²) >= 11 is 0. The number of esters is 2. The zero-order chi connectivity index (χ0) is 19.2. The van der Waals surface area contributed by atoms with Crippen molar-refractivity contribution in [2.75, 3.05) is 0 Å². The Labute approximate surface area is 156 Å². The van der Waals surface area contributed by atoms with E-state index in [9.17, 15) is 9.59 Å². The van der Waals surface area contributed by atoms with Crippen LogP contribution in [0.2, 0.25) is 0 Å². The van der Waals surface area contributed by atoms with Crippen molar-refractivity contribution < 1.29 is 14.3 Å². The fraction of sp³-hybridized carbons (Fsp3) is 0.789.